The normalized spacial score (nSPS) is 13.0. The largest absolute Gasteiger partial charge is 0.507 e. The Morgan fingerprint density at radius 2 is 1.32 bits per heavy atom. The van der Waals surface area contributed by atoms with Crippen LogP contribution in [0.1, 0.15) is 101 Å². The molecule has 8 aromatic rings. The molecule has 5 heteroatoms. The Morgan fingerprint density at radius 3 is 2.00 bits per heavy atom. The molecule has 0 aliphatic carbocycles. The Hall–Kier alpha value is -5.57. The van der Waals surface area contributed by atoms with E-state index in [1.807, 2.05) is 37.3 Å². The first-order chi connectivity index (χ1) is 30.1. The standard InChI is InChI=1S/C57H58N3O.Pt/c1-12-57(10,11)43-25-26-50(47(34-43)39-17-14-13-15-18-39)60-51-20-16-19-46(52(51)59-54(60)48-35-44(55(4,5)6)29-37(3)53(48)61)41-30-42(32-45(31-41)56(7,8)9)49-33-40(27-28-58-49)38-23-21-36(2)22-24-38;/h13-29,31-35,61H,12H2,1-11H3;/q-1;/i2D3;. The first-order valence-electron chi connectivity index (χ1n) is 22.9. The van der Waals surface area contributed by atoms with E-state index in [0.717, 1.165) is 84.5 Å². The van der Waals surface area contributed by atoms with Crippen molar-refractivity contribution in [2.24, 2.45) is 0 Å². The van der Waals surface area contributed by atoms with Gasteiger partial charge in [0.05, 0.1) is 22.3 Å². The Balaban J connectivity index is 0.00000630. The number of rotatable bonds is 8. The summed E-state index contributed by atoms with van der Waals surface area (Å²) in [6.45, 7) is 19.8. The van der Waals surface area contributed by atoms with Crippen LogP contribution in [0.5, 0.6) is 5.75 Å². The summed E-state index contributed by atoms with van der Waals surface area (Å²) in [7, 11) is 0. The molecule has 0 radical (unpaired) electrons. The molecule has 0 atom stereocenters. The van der Waals surface area contributed by atoms with Crippen LogP contribution in [0.25, 0.3) is 72.7 Å². The zero-order valence-corrected chi connectivity index (χ0v) is 39.8. The van der Waals surface area contributed by atoms with Crippen molar-refractivity contribution in [2.75, 3.05) is 0 Å². The maximum Gasteiger partial charge on any atom is 0.148 e. The fourth-order valence-corrected chi connectivity index (χ4v) is 8.04. The Bertz CT molecular complexity index is 3030. The van der Waals surface area contributed by atoms with Crippen molar-refractivity contribution in [3.63, 3.8) is 0 Å². The van der Waals surface area contributed by atoms with E-state index in [2.05, 4.69) is 158 Å². The van der Waals surface area contributed by atoms with Crippen LogP contribution in [0.2, 0.25) is 0 Å². The summed E-state index contributed by atoms with van der Waals surface area (Å²) in [6.07, 6.45) is 2.79. The second kappa shape index (κ2) is 16.9. The molecule has 0 spiro atoms. The number of hydrogen-bond acceptors (Lipinski definition) is 3. The molecule has 4 nitrogen and oxygen atoms in total. The third kappa shape index (κ3) is 8.60. The molecule has 2 heterocycles. The minimum absolute atomic E-state index is 0. The van der Waals surface area contributed by atoms with E-state index in [4.69, 9.17) is 14.1 Å². The minimum atomic E-state index is -2.17. The average Bonchev–Trinajstić information content (AvgIpc) is 3.65. The summed E-state index contributed by atoms with van der Waals surface area (Å²) < 4.78 is 25.7. The van der Waals surface area contributed by atoms with E-state index in [9.17, 15) is 5.11 Å². The molecule has 0 aliphatic rings. The van der Waals surface area contributed by atoms with Crippen LogP contribution in [0.4, 0.5) is 0 Å². The number of para-hydroxylation sites is 1. The topological polar surface area (TPSA) is 50.9 Å². The van der Waals surface area contributed by atoms with Crippen LogP contribution in [0, 0.1) is 19.8 Å². The van der Waals surface area contributed by atoms with Gasteiger partial charge in [0, 0.05) is 42.6 Å². The number of fused-ring (bicyclic) bond motifs is 1. The summed E-state index contributed by atoms with van der Waals surface area (Å²) >= 11 is 0. The fourth-order valence-electron chi connectivity index (χ4n) is 8.04. The molecule has 8 rings (SSSR count). The second-order valence-electron chi connectivity index (χ2n) is 19.2. The average molecular weight is 999 g/mol. The molecule has 0 saturated heterocycles. The van der Waals surface area contributed by atoms with E-state index < -0.39 is 6.85 Å². The predicted octanol–water partition coefficient (Wildman–Crippen LogP) is 15.2. The van der Waals surface area contributed by atoms with E-state index in [1.54, 1.807) is 18.3 Å². The van der Waals surface area contributed by atoms with Gasteiger partial charge < -0.3 is 5.11 Å². The van der Waals surface area contributed by atoms with Gasteiger partial charge in [-0.05, 0) is 100 Å². The second-order valence-corrected chi connectivity index (χ2v) is 19.2. The van der Waals surface area contributed by atoms with E-state index >= 15 is 0 Å². The maximum absolute atomic E-state index is 12.0. The number of pyridine rings is 1. The number of hydrogen-bond donors (Lipinski definition) is 1. The third-order valence-electron chi connectivity index (χ3n) is 12.4. The number of aryl methyl sites for hydroxylation is 2. The van der Waals surface area contributed by atoms with Gasteiger partial charge in [0.1, 0.15) is 11.6 Å². The molecule has 0 fully saturated rings. The molecule has 62 heavy (non-hydrogen) atoms. The number of aromatic hydroxyl groups is 1. The van der Waals surface area contributed by atoms with Crippen molar-refractivity contribution in [3.8, 4) is 67.5 Å². The smallest absolute Gasteiger partial charge is 0.148 e. The molecule has 1 N–H and O–H groups in total. The van der Waals surface area contributed by atoms with Gasteiger partial charge in [-0.1, -0.05) is 164 Å². The summed E-state index contributed by atoms with van der Waals surface area (Å²) in [4.78, 5) is 10.4. The number of imidazole rings is 1. The molecule has 0 amide bonds. The molecular weight excluding hydrogens is 938 g/mol. The molecule has 6 aromatic carbocycles. The quantitative estimate of drug-likeness (QED) is 0.154. The van der Waals surface area contributed by atoms with Gasteiger partial charge in [0.15, 0.2) is 0 Å². The van der Waals surface area contributed by atoms with Crippen molar-refractivity contribution >= 4 is 11.0 Å². The van der Waals surface area contributed by atoms with Gasteiger partial charge in [-0.15, -0.1) is 29.3 Å². The van der Waals surface area contributed by atoms with E-state index in [1.165, 1.54) is 5.56 Å². The Morgan fingerprint density at radius 1 is 0.645 bits per heavy atom. The SMILES string of the molecule is [2H]C([2H])([2H])c1ccc(-c2ccnc(-c3[c-]c(-c4cccc5c4nc(-c4cc(C(C)(C)C)cc(C)c4O)n5-c4ccc(C(C)(C)CC)cc4-c4ccccc4)cc(C(C)(C)C)c3)c2)cc1.[Pt]. The van der Waals surface area contributed by atoms with Crippen LogP contribution < -0.4 is 0 Å². The summed E-state index contributed by atoms with van der Waals surface area (Å²) in [5, 5.41) is 12.0. The molecule has 0 saturated carbocycles. The van der Waals surface area contributed by atoms with Gasteiger partial charge in [-0.2, -0.15) is 0 Å². The van der Waals surface area contributed by atoms with Gasteiger partial charge in [-0.25, -0.2) is 4.98 Å². The Kier molecular flexibility index (Phi) is 11.1. The van der Waals surface area contributed by atoms with Crippen LogP contribution in [0.15, 0.2) is 134 Å². The zero-order chi connectivity index (χ0) is 45.9. The van der Waals surface area contributed by atoms with Crippen molar-refractivity contribution in [3.05, 3.63) is 167 Å². The number of phenols is 1. The Labute approximate surface area is 387 Å². The maximum atomic E-state index is 12.0. The van der Waals surface area contributed by atoms with Gasteiger partial charge in [0.2, 0.25) is 0 Å². The van der Waals surface area contributed by atoms with Gasteiger partial charge in [-0.3, -0.25) is 9.55 Å². The minimum Gasteiger partial charge on any atom is -0.507 e. The first kappa shape index (κ1) is 40.5. The summed E-state index contributed by atoms with van der Waals surface area (Å²) in [5.74, 6) is 0.860. The number of nitrogens with zero attached hydrogens (tertiary/aromatic N) is 3. The predicted molar refractivity (Wildman–Crippen MR) is 257 cm³/mol. The molecule has 0 unspecified atom stereocenters. The van der Waals surface area contributed by atoms with E-state index in [-0.39, 0.29) is 43.1 Å². The number of phenolic OH excluding ortho intramolecular Hbond substituents is 1. The molecule has 0 aliphatic heterocycles. The van der Waals surface area contributed by atoms with Crippen LogP contribution >= 0.6 is 0 Å². The van der Waals surface area contributed by atoms with Crippen molar-refractivity contribution in [1.82, 2.24) is 14.5 Å². The van der Waals surface area contributed by atoms with Crippen LogP contribution in [-0.2, 0) is 37.3 Å². The van der Waals surface area contributed by atoms with Crippen molar-refractivity contribution in [1.29, 1.82) is 0 Å². The fraction of sp³-hybridized carbons (Fsp3) is 0.263. The van der Waals surface area contributed by atoms with Gasteiger partial charge in [0.25, 0.3) is 0 Å². The third-order valence-corrected chi connectivity index (χ3v) is 12.4. The number of aromatic nitrogens is 3. The number of benzene rings is 6. The molecule has 318 valence electrons. The van der Waals surface area contributed by atoms with Crippen molar-refractivity contribution < 1.29 is 30.3 Å². The zero-order valence-electron chi connectivity index (χ0n) is 40.5. The van der Waals surface area contributed by atoms with Gasteiger partial charge >= 0.3 is 0 Å². The summed E-state index contributed by atoms with van der Waals surface area (Å²) in [6, 6.07) is 47.1. The van der Waals surface area contributed by atoms with Crippen molar-refractivity contribution in [2.45, 2.75) is 98.8 Å². The van der Waals surface area contributed by atoms with Crippen LogP contribution in [-0.4, -0.2) is 19.6 Å². The molecule has 0 bridgehead atoms. The van der Waals surface area contributed by atoms with Crippen LogP contribution in [0.3, 0.4) is 0 Å². The molecular formula is C57H58N3OPt-. The monoisotopic (exact) mass is 998 g/mol. The summed E-state index contributed by atoms with van der Waals surface area (Å²) in [5.41, 5.74) is 14.9. The van der Waals surface area contributed by atoms with E-state index in [0.29, 0.717) is 17.0 Å². The first-order valence-corrected chi connectivity index (χ1v) is 21.4. The molecule has 2 aromatic heterocycles.